The second-order valence-corrected chi connectivity index (χ2v) is 14.8. The molecule has 0 aromatic heterocycles. The quantitative estimate of drug-likeness (QED) is 0.0251. The molecule has 0 bridgehead atoms. The molecule has 1 amide bonds. The molecular weight excluding hydrogens is 695 g/mol. The van der Waals surface area contributed by atoms with E-state index >= 15 is 0 Å². The van der Waals surface area contributed by atoms with Crippen molar-refractivity contribution in [2.75, 3.05) is 6.61 Å². The number of amides is 1. The number of carbonyl (C=O) groups excluding carboxylic acids is 2. The number of nitrogens with one attached hydrogen (secondary N) is 1. The van der Waals surface area contributed by atoms with E-state index < -0.39 is 18.2 Å². The molecule has 0 fully saturated rings. The fourth-order valence-corrected chi connectivity index (χ4v) is 6.18. The van der Waals surface area contributed by atoms with Crippen LogP contribution in [0.4, 0.5) is 0 Å². The van der Waals surface area contributed by atoms with Crippen molar-refractivity contribution in [3.63, 3.8) is 0 Å². The van der Waals surface area contributed by atoms with Crippen LogP contribution in [0.15, 0.2) is 97.2 Å². The molecule has 0 radical (unpaired) electrons. The van der Waals surface area contributed by atoms with Crippen LogP contribution in [0, 0.1) is 0 Å². The molecule has 6 heteroatoms. The molecule has 56 heavy (non-hydrogen) atoms. The Balaban J connectivity index is 4.79. The van der Waals surface area contributed by atoms with Gasteiger partial charge >= 0.3 is 5.97 Å². The van der Waals surface area contributed by atoms with Crippen LogP contribution < -0.4 is 5.32 Å². The summed E-state index contributed by atoms with van der Waals surface area (Å²) in [6.45, 7) is 6.16. The predicted octanol–water partition coefficient (Wildman–Crippen LogP) is 13.0. The molecule has 0 aliphatic carbocycles. The van der Waals surface area contributed by atoms with Gasteiger partial charge in [0.15, 0.2) is 0 Å². The van der Waals surface area contributed by atoms with Crippen molar-refractivity contribution < 1.29 is 24.5 Å². The van der Waals surface area contributed by atoms with Crippen molar-refractivity contribution in [2.45, 2.75) is 200 Å². The van der Waals surface area contributed by atoms with Crippen LogP contribution in [-0.4, -0.2) is 46.9 Å². The van der Waals surface area contributed by atoms with Crippen LogP contribution in [0.2, 0.25) is 0 Å². The third-order valence-electron chi connectivity index (χ3n) is 9.54. The number of aliphatic hydroxyl groups excluding tert-OH is 2. The molecule has 3 atom stereocenters. The van der Waals surface area contributed by atoms with E-state index in [0.29, 0.717) is 19.3 Å². The van der Waals surface area contributed by atoms with Crippen LogP contribution in [0.25, 0.3) is 0 Å². The molecule has 3 N–H and O–H groups in total. The summed E-state index contributed by atoms with van der Waals surface area (Å²) in [5.41, 5.74) is 0. The number of unbranched alkanes of at least 4 members (excludes halogenated alkanes) is 14. The highest BCUT2D eigenvalue weighted by Gasteiger charge is 2.24. The van der Waals surface area contributed by atoms with Gasteiger partial charge in [-0.2, -0.15) is 0 Å². The van der Waals surface area contributed by atoms with E-state index in [1.165, 1.54) is 57.8 Å². The minimum absolute atomic E-state index is 0.0168. The average molecular weight is 778 g/mol. The Bertz CT molecular complexity index is 1140. The highest BCUT2D eigenvalue weighted by molar-refractivity contribution is 5.77. The first-order chi connectivity index (χ1) is 27.5. The van der Waals surface area contributed by atoms with E-state index in [-0.39, 0.29) is 31.3 Å². The summed E-state index contributed by atoms with van der Waals surface area (Å²) < 4.78 is 5.84. The smallest absolute Gasteiger partial charge is 0.306 e. The molecule has 318 valence electrons. The lowest BCUT2D eigenvalue weighted by Gasteiger charge is -2.24. The third kappa shape index (κ3) is 37.7. The van der Waals surface area contributed by atoms with Crippen LogP contribution >= 0.6 is 0 Å². The number of hydrogen-bond donors (Lipinski definition) is 3. The molecule has 0 aromatic carbocycles. The van der Waals surface area contributed by atoms with Crippen molar-refractivity contribution in [3.8, 4) is 0 Å². The Morgan fingerprint density at radius 3 is 1.64 bits per heavy atom. The van der Waals surface area contributed by atoms with E-state index in [0.717, 1.165) is 70.6 Å². The molecule has 0 saturated heterocycles. The van der Waals surface area contributed by atoms with Crippen molar-refractivity contribution in [1.29, 1.82) is 0 Å². The fraction of sp³-hybridized carbons (Fsp3) is 0.640. The maximum atomic E-state index is 13.1. The normalized spacial score (nSPS) is 14.3. The van der Waals surface area contributed by atoms with Crippen LogP contribution in [0.3, 0.4) is 0 Å². The van der Waals surface area contributed by atoms with Gasteiger partial charge < -0.3 is 20.3 Å². The van der Waals surface area contributed by atoms with Crippen molar-refractivity contribution in [3.05, 3.63) is 97.2 Å². The zero-order valence-electron chi connectivity index (χ0n) is 36.0. The number of allylic oxidation sites excluding steroid dienone is 16. The van der Waals surface area contributed by atoms with Gasteiger partial charge in [-0.05, 0) is 70.6 Å². The van der Waals surface area contributed by atoms with Gasteiger partial charge in [0.2, 0.25) is 5.91 Å². The fourth-order valence-electron chi connectivity index (χ4n) is 6.18. The molecule has 3 unspecified atom stereocenters. The number of aliphatic hydroxyl groups is 2. The Morgan fingerprint density at radius 1 is 0.554 bits per heavy atom. The van der Waals surface area contributed by atoms with Gasteiger partial charge in [0.25, 0.3) is 0 Å². The molecule has 0 saturated carbocycles. The molecule has 0 aromatic rings. The Labute approximate surface area is 344 Å². The number of hydrogen-bond acceptors (Lipinski definition) is 5. The summed E-state index contributed by atoms with van der Waals surface area (Å²) in [7, 11) is 0. The molecule has 0 heterocycles. The first-order valence-corrected chi connectivity index (χ1v) is 22.5. The van der Waals surface area contributed by atoms with Crippen LogP contribution in [-0.2, 0) is 14.3 Å². The highest BCUT2D eigenvalue weighted by Crippen LogP contribution is 2.16. The van der Waals surface area contributed by atoms with E-state index in [9.17, 15) is 19.8 Å². The Morgan fingerprint density at radius 2 is 1.05 bits per heavy atom. The maximum absolute atomic E-state index is 13.1. The first-order valence-electron chi connectivity index (χ1n) is 22.5. The van der Waals surface area contributed by atoms with Gasteiger partial charge in [0.05, 0.1) is 25.2 Å². The lowest BCUT2D eigenvalue weighted by Crippen LogP contribution is -2.46. The number of carbonyl (C=O) groups is 2. The lowest BCUT2D eigenvalue weighted by molar-refractivity contribution is -0.151. The van der Waals surface area contributed by atoms with Crippen LogP contribution in [0.1, 0.15) is 181 Å². The van der Waals surface area contributed by atoms with E-state index in [1.807, 2.05) is 54.7 Å². The summed E-state index contributed by atoms with van der Waals surface area (Å²) in [6, 6.07) is -0.732. The molecule has 0 rings (SSSR count). The van der Waals surface area contributed by atoms with Gasteiger partial charge in [-0.3, -0.25) is 9.59 Å². The SMILES string of the molecule is CC/C=C/C=C/C=C\C=C/C=C/CCCC(=O)OC(CCCC/C=C/C/C=C/C/C=C/CC)CC(=O)NC(CO)C(O)CCCCCCCCCCCCCC. The minimum atomic E-state index is -0.814. The third-order valence-corrected chi connectivity index (χ3v) is 9.54. The summed E-state index contributed by atoms with van der Waals surface area (Å²) >= 11 is 0. The van der Waals surface area contributed by atoms with Crippen molar-refractivity contribution >= 4 is 11.9 Å². The maximum Gasteiger partial charge on any atom is 0.306 e. The second kappa shape index (κ2) is 42.9. The number of rotatable bonds is 38. The van der Waals surface area contributed by atoms with Gasteiger partial charge in [0, 0.05) is 6.42 Å². The zero-order chi connectivity index (χ0) is 41.0. The Hall–Kier alpha value is -3.22. The van der Waals surface area contributed by atoms with Crippen molar-refractivity contribution in [2.24, 2.45) is 0 Å². The largest absolute Gasteiger partial charge is 0.462 e. The van der Waals surface area contributed by atoms with Crippen molar-refractivity contribution in [1.82, 2.24) is 5.32 Å². The molecule has 0 aliphatic rings. The highest BCUT2D eigenvalue weighted by atomic mass is 16.5. The Kier molecular flexibility index (Phi) is 40.4. The molecule has 0 spiro atoms. The second-order valence-electron chi connectivity index (χ2n) is 14.8. The molecular formula is C50H83NO5. The monoisotopic (exact) mass is 778 g/mol. The first kappa shape index (κ1) is 52.8. The summed E-state index contributed by atoms with van der Waals surface area (Å²) in [6.07, 6.45) is 56.1. The number of esters is 1. The van der Waals surface area contributed by atoms with E-state index in [1.54, 1.807) is 0 Å². The summed E-state index contributed by atoms with van der Waals surface area (Å²) in [5.74, 6) is -0.613. The summed E-state index contributed by atoms with van der Waals surface area (Å²) in [4.78, 5) is 25.9. The minimum Gasteiger partial charge on any atom is -0.462 e. The van der Waals surface area contributed by atoms with Crippen LogP contribution in [0.5, 0.6) is 0 Å². The number of ether oxygens (including phenoxy) is 1. The molecule has 0 aliphatic heterocycles. The lowest BCUT2D eigenvalue weighted by atomic mass is 10.0. The summed E-state index contributed by atoms with van der Waals surface area (Å²) in [5, 5.41) is 23.6. The predicted molar refractivity (Wildman–Crippen MR) is 240 cm³/mol. The standard InChI is InChI=1S/C50H83NO5/c1-4-7-10-13-16-19-22-25-28-31-34-37-40-43-50(55)56-46(41-38-35-32-29-26-23-20-17-14-11-8-5-2)44-49(54)51-47(45-52)48(53)42-39-36-33-30-27-24-21-18-15-12-9-6-3/h7-8,10-11,13,16-17,19-20,22,25-26,28-29,31,34,46-48,52-53H,4-6,9,12,14-15,18,21,23-24,27,30,32-33,35-45H2,1-3H3,(H,51,54)/b10-7+,11-8+,16-13+,20-17+,22-19-,28-25-,29-26+,34-31+. The van der Waals surface area contributed by atoms with E-state index in [4.69, 9.17) is 4.74 Å². The van der Waals surface area contributed by atoms with Gasteiger partial charge in [-0.1, -0.05) is 195 Å². The average Bonchev–Trinajstić information content (AvgIpc) is 3.19. The van der Waals surface area contributed by atoms with Gasteiger partial charge in [-0.15, -0.1) is 0 Å². The van der Waals surface area contributed by atoms with Gasteiger partial charge in [-0.25, -0.2) is 0 Å². The van der Waals surface area contributed by atoms with E-state index in [2.05, 4.69) is 68.6 Å². The van der Waals surface area contributed by atoms with Gasteiger partial charge in [0.1, 0.15) is 6.10 Å². The zero-order valence-corrected chi connectivity index (χ0v) is 36.0. The molecule has 6 nitrogen and oxygen atoms in total. The topological polar surface area (TPSA) is 95.9 Å².